The van der Waals surface area contributed by atoms with Crippen molar-refractivity contribution in [1.29, 1.82) is 0 Å². The molecule has 1 aromatic heterocycles. The number of hydrogen-bond acceptors (Lipinski definition) is 5. The van der Waals surface area contributed by atoms with Crippen molar-refractivity contribution in [3.8, 4) is 11.4 Å². The van der Waals surface area contributed by atoms with Gasteiger partial charge in [-0.3, -0.25) is 4.79 Å². The Morgan fingerprint density at radius 3 is 2.68 bits per heavy atom. The van der Waals surface area contributed by atoms with Crippen molar-refractivity contribution in [2.45, 2.75) is 5.16 Å². The fourth-order valence-electron chi connectivity index (χ4n) is 2.79. The van der Waals surface area contributed by atoms with E-state index in [0.29, 0.717) is 16.0 Å². The molecule has 140 valence electrons. The lowest BCUT2D eigenvalue weighted by molar-refractivity contribution is -0.113. The van der Waals surface area contributed by atoms with Crippen LogP contribution < -0.4 is 11.2 Å². The monoisotopic (exact) mass is 409 g/mol. The van der Waals surface area contributed by atoms with Crippen LogP contribution in [0.4, 0.5) is 5.69 Å². The predicted molar refractivity (Wildman–Crippen MR) is 114 cm³/mol. The van der Waals surface area contributed by atoms with Crippen molar-refractivity contribution in [1.82, 2.24) is 14.9 Å². The quantitative estimate of drug-likeness (QED) is 0.381. The van der Waals surface area contributed by atoms with Gasteiger partial charge in [-0.25, -0.2) is 4.68 Å². The first-order valence-corrected chi connectivity index (χ1v) is 9.84. The third kappa shape index (κ3) is 3.95. The number of aromatic nitrogens is 3. The Kier molecular flexibility index (Phi) is 5.18. The van der Waals surface area contributed by atoms with Gasteiger partial charge in [-0.05, 0) is 35.0 Å². The van der Waals surface area contributed by atoms with E-state index in [2.05, 4.69) is 15.5 Å². The summed E-state index contributed by atoms with van der Waals surface area (Å²) in [6, 6.07) is 21.0. The number of carbonyl (C=O) groups excluding carboxylic acids is 1. The third-order valence-electron chi connectivity index (χ3n) is 4.11. The molecule has 0 unspecified atom stereocenters. The summed E-state index contributed by atoms with van der Waals surface area (Å²) in [7, 11) is 0. The van der Waals surface area contributed by atoms with Crippen molar-refractivity contribution in [3.63, 3.8) is 0 Å². The third-order valence-corrected chi connectivity index (χ3v) is 5.29. The molecule has 1 amide bonds. The van der Waals surface area contributed by atoms with Crippen LogP contribution in [-0.2, 0) is 4.79 Å². The number of nitrogens with zero attached hydrogens (tertiary/aromatic N) is 3. The van der Waals surface area contributed by atoms with E-state index in [1.165, 1.54) is 16.4 Å². The number of anilines is 1. The number of amides is 1. The fraction of sp³-hybridized carbons (Fsp3) is 0.0500. The molecule has 0 fully saturated rings. The van der Waals surface area contributed by atoms with Crippen LogP contribution in [0.15, 0.2) is 71.9 Å². The fourth-order valence-corrected chi connectivity index (χ4v) is 3.64. The van der Waals surface area contributed by atoms with E-state index in [-0.39, 0.29) is 11.7 Å². The van der Waals surface area contributed by atoms with Gasteiger partial charge >= 0.3 is 0 Å². The van der Waals surface area contributed by atoms with E-state index in [9.17, 15) is 4.79 Å². The number of halogens is 1. The van der Waals surface area contributed by atoms with Gasteiger partial charge in [0.2, 0.25) is 11.1 Å². The second-order valence-corrected chi connectivity index (χ2v) is 7.46. The van der Waals surface area contributed by atoms with Crippen molar-refractivity contribution < 1.29 is 4.79 Å². The molecular formula is C20H16ClN5OS. The number of nitrogen functional groups attached to an aromatic ring is 1. The first-order chi connectivity index (χ1) is 13.6. The van der Waals surface area contributed by atoms with E-state index in [1.807, 2.05) is 54.6 Å². The Balaban J connectivity index is 1.42. The van der Waals surface area contributed by atoms with E-state index >= 15 is 0 Å². The van der Waals surface area contributed by atoms with E-state index in [1.54, 1.807) is 12.1 Å². The van der Waals surface area contributed by atoms with Gasteiger partial charge in [0.1, 0.15) is 0 Å². The molecule has 4 aromatic rings. The number of benzene rings is 3. The maximum Gasteiger partial charge on any atom is 0.234 e. The summed E-state index contributed by atoms with van der Waals surface area (Å²) in [4.78, 5) is 12.3. The SMILES string of the molecule is Nn1c(SCC(=O)Nc2ccc3ccccc3c2)nnc1-c1cccc(Cl)c1. The van der Waals surface area contributed by atoms with Crippen LogP contribution in [0.5, 0.6) is 0 Å². The van der Waals surface area contributed by atoms with Crippen LogP contribution >= 0.6 is 23.4 Å². The van der Waals surface area contributed by atoms with Gasteiger partial charge in [0.25, 0.3) is 0 Å². The lowest BCUT2D eigenvalue weighted by Crippen LogP contribution is -2.16. The molecule has 4 rings (SSSR count). The zero-order valence-corrected chi connectivity index (χ0v) is 16.2. The smallest absolute Gasteiger partial charge is 0.234 e. The summed E-state index contributed by atoms with van der Waals surface area (Å²) in [6.07, 6.45) is 0. The number of carbonyl (C=O) groups is 1. The summed E-state index contributed by atoms with van der Waals surface area (Å²) >= 11 is 7.23. The molecule has 28 heavy (non-hydrogen) atoms. The average molecular weight is 410 g/mol. The Morgan fingerprint density at radius 1 is 1.04 bits per heavy atom. The minimum Gasteiger partial charge on any atom is -0.335 e. The van der Waals surface area contributed by atoms with Crippen LogP contribution in [0.25, 0.3) is 22.2 Å². The lowest BCUT2D eigenvalue weighted by atomic mass is 10.1. The maximum absolute atomic E-state index is 12.3. The van der Waals surface area contributed by atoms with Crippen molar-refractivity contribution in [2.24, 2.45) is 0 Å². The number of nitrogens with two attached hydrogens (primary N) is 1. The Hall–Kier alpha value is -3.03. The van der Waals surface area contributed by atoms with Gasteiger partial charge in [0.05, 0.1) is 5.75 Å². The van der Waals surface area contributed by atoms with Gasteiger partial charge in [-0.2, -0.15) is 0 Å². The summed E-state index contributed by atoms with van der Waals surface area (Å²) < 4.78 is 1.36. The largest absolute Gasteiger partial charge is 0.335 e. The van der Waals surface area contributed by atoms with Crippen molar-refractivity contribution >= 4 is 45.7 Å². The molecule has 0 bridgehead atoms. The zero-order chi connectivity index (χ0) is 19.5. The second-order valence-electron chi connectivity index (χ2n) is 6.09. The summed E-state index contributed by atoms with van der Waals surface area (Å²) in [6.45, 7) is 0. The van der Waals surface area contributed by atoms with Gasteiger partial charge in [0.15, 0.2) is 5.82 Å². The molecule has 0 radical (unpaired) electrons. The van der Waals surface area contributed by atoms with Crippen molar-refractivity contribution in [3.05, 3.63) is 71.8 Å². The number of rotatable bonds is 5. The molecule has 3 N–H and O–H groups in total. The van der Waals surface area contributed by atoms with Gasteiger partial charge in [-0.1, -0.05) is 65.8 Å². The normalized spacial score (nSPS) is 10.9. The number of fused-ring (bicyclic) bond motifs is 1. The van der Waals surface area contributed by atoms with E-state index in [0.717, 1.165) is 22.0 Å². The van der Waals surface area contributed by atoms with Gasteiger partial charge in [-0.15, -0.1) is 10.2 Å². The van der Waals surface area contributed by atoms with E-state index < -0.39 is 0 Å². The molecule has 8 heteroatoms. The van der Waals surface area contributed by atoms with Gasteiger partial charge < -0.3 is 11.2 Å². The highest BCUT2D eigenvalue weighted by molar-refractivity contribution is 7.99. The van der Waals surface area contributed by atoms with Crippen LogP contribution in [0.3, 0.4) is 0 Å². The minimum absolute atomic E-state index is 0.146. The first-order valence-electron chi connectivity index (χ1n) is 8.48. The molecule has 0 aliphatic heterocycles. The molecule has 1 heterocycles. The minimum atomic E-state index is -0.146. The molecule has 0 atom stereocenters. The molecule has 0 aliphatic carbocycles. The molecule has 0 saturated heterocycles. The second kappa shape index (κ2) is 7.92. The van der Waals surface area contributed by atoms with Crippen LogP contribution in [0.1, 0.15) is 0 Å². The summed E-state index contributed by atoms with van der Waals surface area (Å²) in [5.74, 6) is 6.59. The Morgan fingerprint density at radius 2 is 1.86 bits per heavy atom. The number of nitrogens with one attached hydrogen (secondary N) is 1. The molecule has 3 aromatic carbocycles. The summed E-state index contributed by atoms with van der Waals surface area (Å²) in [5, 5.41) is 14.3. The zero-order valence-electron chi connectivity index (χ0n) is 14.7. The van der Waals surface area contributed by atoms with Crippen molar-refractivity contribution in [2.75, 3.05) is 16.9 Å². The molecule has 0 aliphatic rings. The first kappa shape index (κ1) is 18.3. The maximum atomic E-state index is 12.3. The molecule has 6 nitrogen and oxygen atoms in total. The standard InChI is InChI=1S/C20H16ClN5OS/c21-16-7-3-6-15(10-16)19-24-25-20(26(19)22)28-12-18(27)23-17-9-8-13-4-1-2-5-14(13)11-17/h1-11H,12,22H2,(H,23,27). The average Bonchev–Trinajstić information content (AvgIpc) is 3.07. The number of hydrogen-bond donors (Lipinski definition) is 2. The predicted octanol–water partition coefficient (Wildman–Crippen LogP) is 4.20. The number of thioether (sulfide) groups is 1. The molecular weight excluding hydrogens is 394 g/mol. The highest BCUT2D eigenvalue weighted by Crippen LogP contribution is 2.24. The highest BCUT2D eigenvalue weighted by Gasteiger charge is 2.14. The van der Waals surface area contributed by atoms with Crippen LogP contribution in [0, 0.1) is 0 Å². The molecule has 0 saturated carbocycles. The highest BCUT2D eigenvalue weighted by atomic mass is 35.5. The molecule has 0 spiro atoms. The Bertz CT molecular complexity index is 1160. The van der Waals surface area contributed by atoms with E-state index in [4.69, 9.17) is 17.4 Å². The lowest BCUT2D eigenvalue weighted by Gasteiger charge is -2.07. The van der Waals surface area contributed by atoms with Crippen LogP contribution in [0.2, 0.25) is 5.02 Å². The summed E-state index contributed by atoms with van der Waals surface area (Å²) in [5.41, 5.74) is 1.51. The van der Waals surface area contributed by atoms with Gasteiger partial charge in [0, 0.05) is 16.3 Å². The Labute approximate surface area is 170 Å². The topological polar surface area (TPSA) is 85.8 Å². The van der Waals surface area contributed by atoms with Crippen LogP contribution in [-0.4, -0.2) is 26.5 Å².